The summed E-state index contributed by atoms with van der Waals surface area (Å²) in [4.78, 5) is 7.12. The molecule has 1 aromatic rings. The second-order valence-electron chi connectivity index (χ2n) is 7.45. The summed E-state index contributed by atoms with van der Waals surface area (Å²) >= 11 is 0. The van der Waals surface area contributed by atoms with Gasteiger partial charge in [-0.05, 0) is 43.7 Å². The highest BCUT2D eigenvalue weighted by Crippen LogP contribution is 2.32. The Morgan fingerprint density at radius 3 is 2.96 bits per heavy atom. The third-order valence-corrected chi connectivity index (χ3v) is 5.37. The van der Waals surface area contributed by atoms with Gasteiger partial charge in [0.25, 0.3) is 0 Å². The van der Waals surface area contributed by atoms with E-state index in [2.05, 4.69) is 46.7 Å². The Morgan fingerprint density at radius 2 is 2.11 bits per heavy atom. The molecule has 1 aliphatic heterocycles. The van der Waals surface area contributed by atoms with Gasteiger partial charge in [-0.25, -0.2) is 0 Å². The highest BCUT2D eigenvalue weighted by molar-refractivity contribution is 5.79. The Labute approximate surface area is 169 Å². The Balaban J connectivity index is 1.34. The van der Waals surface area contributed by atoms with Gasteiger partial charge < -0.3 is 20.1 Å². The first-order chi connectivity index (χ1) is 13.9. The lowest BCUT2D eigenvalue weighted by Gasteiger charge is -2.26. The maximum atomic E-state index is 6.18. The lowest BCUT2D eigenvalue weighted by Crippen LogP contribution is -2.44. The number of morpholine rings is 1. The van der Waals surface area contributed by atoms with Gasteiger partial charge in [0.1, 0.15) is 0 Å². The van der Waals surface area contributed by atoms with Crippen LogP contribution in [0.25, 0.3) is 0 Å². The van der Waals surface area contributed by atoms with Crippen molar-refractivity contribution in [2.45, 2.75) is 38.7 Å². The van der Waals surface area contributed by atoms with Crippen molar-refractivity contribution in [2.75, 3.05) is 59.1 Å². The van der Waals surface area contributed by atoms with Crippen molar-refractivity contribution in [3.63, 3.8) is 0 Å². The third kappa shape index (κ3) is 6.76. The topological polar surface area (TPSA) is 58.1 Å². The molecule has 1 unspecified atom stereocenters. The smallest absolute Gasteiger partial charge is 0.191 e. The maximum Gasteiger partial charge on any atom is 0.191 e. The molecule has 0 radical (unpaired) electrons. The minimum atomic E-state index is 0.258. The van der Waals surface area contributed by atoms with Crippen LogP contribution in [0.1, 0.15) is 43.4 Å². The van der Waals surface area contributed by atoms with Gasteiger partial charge in [-0.3, -0.25) is 9.89 Å². The van der Waals surface area contributed by atoms with Gasteiger partial charge in [-0.1, -0.05) is 24.3 Å². The fraction of sp³-hybridized carbons (Fsp3) is 0.682. The fourth-order valence-corrected chi connectivity index (χ4v) is 3.86. The lowest BCUT2D eigenvalue weighted by molar-refractivity contribution is 0.0389. The van der Waals surface area contributed by atoms with E-state index in [1.807, 2.05) is 0 Å². The van der Waals surface area contributed by atoms with E-state index in [4.69, 9.17) is 14.5 Å². The van der Waals surface area contributed by atoms with Crippen molar-refractivity contribution in [3.05, 3.63) is 35.4 Å². The van der Waals surface area contributed by atoms with Crippen LogP contribution in [0.4, 0.5) is 0 Å². The molecule has 1 aromatic carbocycles. The second kappa shape index (κ2) is 12.0. The zero-order valence-electron chi connectivity index (χ0n) is 17.3. The number of nitrogens with one attached hydrogen (secondary N) is 2. The standard InChI is InChI=1S/C22H36N4O2/c1-2-23-22(25-12-13-26-14-17-27-18-15-26)24-11-6-16-28-21-10-5-8-19-7-3-4-9-20(19)21/h3-4,7,9,21H,2,5-6,8,10-18H2,1H3,(H2,23,24,25). The molecule has 0 bridgehead atoms. The largest absolute Gasteiger partial charge is 0.379 e. The molecule has 0 aromatic heterocycles. The molecule has 1 heterocycles. The molecule has 6 heteroatoms. The van der Waals surface area contributed by atoms with Crippen LogP contribution in [0.5, 0.6) is 0 Å². The molecular weight excluding hydrogens is 352 g/mol. The molecule has 1 saturated heterocycles. The quantitative estimate of drug-likeness (QED) is 0.386. The molecule has 3 rings (SSSR count). The van der Waals surface area contributed by atoms with Crippen molar-refractivity contribution in [1.82, 2.24) is 15.5 Å². The number of aliphatic imine (C=N–C) groups is 1. The number of guanidine groups is 1. The highest BCUT2D eigenvalue weighted by Gasteiger charge is 2.19. The van der Waals surface area contributed by atoms with Crippen LogP contribution < -0.4 is 10.6 Å². The van der Waals surface area contributed by atoms with Gasteiger partial charge in [0.2, 0.25) is 0 Å². The monoisotopic (exact) mass is 388 g/mol. The number of aryl methyl sites for hydroxylation is 1. The van der Waals surface area contributed by atoms with Crippen LogP contribution in [-0.4, -0.2) is 69.9 Å². The Bertz CT molecular complexity index is 602. The summed E-state index contributed by atoms with van der Waals surface area (Å²) < 4.78 is 11.6. The minimum absolute atomic E-state index is 0.258. The van der Waals surface area contributed by atoms with Crippen LogP contribution in [0, 0.1) is 0 Å². The summed E-state index contributed by atoms with van der Waals surface area (Å²) in [6, 6.07) is 8.71. The number of benzene rings is 1. The lowest BCUT2D eigenvalue weighted by atomic mass is 9.89. The number of nitrogens with zero attached hydrogens (tertiary/aromatic N) is 2. The minimum Gasteiger partial charge on any atom is -0.379 e. The van der Waals surface area contributed by atoms with E-state index in [1.54, 1.807) is 0 Å². The molecule has 28 heavy (non-hydrogen) atoms. The first-order valence-electron chi connectivity index (χ1n) is 10.9. The highest BCUT2D eigenvalue weighted by atomic mass is 16.5. The van der Waals surface area contributed by atoms with E-state index in [-0.39, 0.29) is 6.10 Å². The average molecular weight is 389 g/mol. The van der Waals surface area contributed by atoms with Gasteiger partial charge in [0, 0.05) is 45.9 Å². The van der Waals surface area contributed by atoms with E-state index in [1.165, 1.54) is 24.0 Å². The zero-order valence-corrected chi connectivity index (χ0v) is 17.3. The first-order valence-corrected chi connectivity index (χ1v) is 10.9. The van der Waals surface area contributed by atoms with Crippen molar-refractivity contribution in [2.24, 2.45) is 4.99 Å². The van der Waals surface area contributed by atoms with Gasteiger partial charge in [0.15, 0.2) is 5.96 Å². The number of rotatable bonds is 9. The van der Waals surface area contributed by atoms with Crippen molar-refractivity contribution >= 4 is 5.96 Å². The number of ether oxygens (including phenoxy) is 2. The van der Waals surface area contributed by atoms with Gasteiger partial charge in [-0.15, -0.1) is 0 Å². The molecular formula is C22H36N4O2. The van der Waals surface area contributed by atoms with Crippen LogP contribution >= 0.6 is 0 Å². The Hall–Kier alpha value is -1.63. The summed E-state index contributed by atoms with van der Waals surface area (Å²) in [7, 11) is 0. The molecule has 0 saturated carbocycles. The summed E-state index contributed by atoms with van der Waals surface area (Å²) in [5.74, 6) is 0.902. The summed E-state index contributed by atoms with van der Waals surface area (Å²) in [5.41, 5.74) is 2.84. The zero-order chi connectivity index (χ0) is 19.4. The summed E-state index contributed by atoms with van der Waals surface area (Å²) in [6.45, 7) is 10.2. The van der Waals surface area contributed by atoms with E-state index in [0.29, 0.717) is 0 Å². The SMILES string of the molecule is CCNC(=NCCCOC1CCCc2ccccc21)NCCN1CCOCC1. The van der Waals surface area contributed by atoms with E-state index >= 15 is 0 Å². The van der Waals surface area contributed by atoms with Crippen LogP contribution in [-0.2, 0) is 15.9 Å². The Kier molecular flexibility index (Phi) is 9.07. The van der Waals surface area contributed by atoms with E-state index in [0.717, 1.165) is 77.9 Å². The number of hydrogen-bond acceptors (Lipinski definition) is 4. The molecule has 6 nitrogen and oxygen atoms in total. The van der Waals surface area contributed by atoms with Gasteiger partial charge >= 0.3 is 0 Å². The van der Waals surface area contributed by atoms with Crippen LogP contribution in [0.3, 0.4) is 0 Å². The third-order valence-electron chi connectivity index (χ3n) is 5.37. The molecule has 0 amide bonds. The molecule has 156 valence electrons. The molecule has 1 aliphatic carbocycles. The Morgan fingerprint density at radius 1 is 1.25 bits per heavy atom. The predicted octanol–water partition coefficient (Wildman–Crippen LogP) is 2.36. The molecule has 2 aliphatic rings. The fourth-order valence-electron chi connectivity index (χ4n) is 3.86. The molecule has 0 spiro atoms. The first kappa shape index (κ1) is 21.1. The van der Waals surface area contributed by atoms with Crippen LogP contribution in [0.15, 0.2) is 29.3 Å². The summed E-state index contributed by atoms with van der Waals surface area (Å²) in [5, 5.41) is 6.77. The van der Waals surface area contributed by atoms with Crippen molar-refractivity contribution in [1.29, 1.82) is 0 Å². The predicted molar refractivity (Wildman–Crippen MR) is 114 cm³/mol. The maximum absolute atomic E-state index is 6.18. The number of fused-ring (bicyclic) bond motifs is 1. The second-order valence-corrected chi connectivity index (χ2v) is 7.45. The number of hydrogen-bond donors (Lipinski definition) is 2. The normalized spacial score (nSPS) is 20.6. The molecule has 2 N–H and O–H groups in total. The van der Waals surface area contributed by atoms with Crippen molar-refractivity contribution < 1.29 is 9.47 Å². The van der Waals surface area contributed by atoms with Crippen molar-refractivity contribution in [3.8, 4) is 0 Å². The van der Waals surface area contributed by atoms with E-state index in [9.17, 15) is 0 Å². The van der Waals surface area contributed by atoms with Crippen LogP contribution in [0.2, 0.25) is 0 Å². The van der Waals surface area contributed by atoms with E-state index < -0.39 is 0 Å². The molecule has 1 atom stereocenters. The summed E-state index contributed by atoms with van der Waals surface area (Å²) in [6.07, 6.45) is 4.74. The average Bonchev–Trinajstić information content (AvgIpc) is 2.74. The van der Waals surface area contributed by atoms with Gasteiger partial charge in [0.05, 0.1) is 19.3 Å². The molecule has 1 fully saturated rings. The van der Waals surface area contributed by atoms with Gasteiger partial charge in [-0.2, -0.15) is 0 Å².